The maximum Gasteiger partial charge on any atom is 0.343 e. The van der Waals surface area contributed by atoms with E-state index in [0.717, 1.165) is 34.1 Å². The van der Waals surface area contributed by atoms with Crippen LogP contribution in [0.25, 0.3) is 10.8 Å². The third-order valence-electron chi connectivity index (χ3n) is 4.37. The van der Waals surface area contributed by atoms with Crippen LogP contribution in [0.2, 0.25) is 0 Å². The van der Waals surface area contributed by atoms with Gasteiger partial charge in [0.05, 0.1) is 5.56 Å². The summed E-state index contributed by atoms with van der Waals surface area (Å²) in [6.07, 6.45) is 2.21. The highest BCUT2D eigenvalue weighted by Crippen LogP contribution is 2.23. The normalized spacial score (nSPS) is 10.2. The van der Waals surface area contributed by atoms with Gasteiger partial charge in [-0.1, -0.05) is 43.5 Å². The second-order valence-electron chi connectivity index (χ2n) is 6.55. The topological polar surface area (TPSA) is 78.9 Å². The summed E-state index contributed by atoms with van der Waals surface area (Å²) in [6, 6.07) is 17.5. The predicted molar refractivity (Wildman–Crippen MR) is 115 cm³/mol. The Morgan fingerprint density at radius 3 is 1.90 bits per heavy atom. The zero-order chi connectivity index (χ0) is 22.2. The molecule has 0 aromatic heterocycles. The van der Waals surface area contributed by atoms with Gasteiger partial charge in [0.2, 0.25) is 0 Å². The minimum absolute atomic E-state index is 0.0969. The molecule has 6 heteroatoms. The number of esters is 3. The summed E-state index contributed by atoms with van der Waals surface area (Å²) in [5, 5.41) is 1.80. The molecular weight excluding hydrogens is 396 g/mol. The second-order valence-corrected chi connectivity index (χ2v) is 6.55. The first-order valence-electron chi connectivity index (χ1n) is 9.40. The molecule has 0 aliphatic rings. The van der Waals surface area contributed by atoms with Crippen molar-refractivity contribution in [1.29, 1.82) is 0 Å². The fraction of sp³-hybridized carbons (Fsp3) is 0.0800. The largest absolute Gasteiger partial charge is 0.458 e. The quantitative estimate of drug-likeness (QED) is 0.305. The summed E-state index contributed by atoms with van der Waals surface area (Å²) < 4.78 is 15.5. The standard InChI is InChI=1S/C25H20O6/c1-3-23(26)29-15-17-5-8-19(9-6-17)25(28)31-22-12-11-20-13-18(7-10-21(20)14-22)16-30-24(27)4-2/h3-14H,1-2,15-16H2. The number of carbonyl (C=O) groups excluding carboxylic acids is 3. The van der Waals surface area contributed by atoms with Gasteiger partial charge < -0.3 is 14.2 Å². The summed E-state index contributed by atoms with van der Waals surface area (Å²) in [6.45, 7) is 6.95. The first-order chi connectivity index (χ1) is 15.0. The zero-order valence-corrected chi connectivity index (χ0v) is 16.7. The van der Waals surface area contributed by atoms with Gasteiger partial charge in [0, 0.05) is 12.2 Å². The molecule has 0 spiro atoms. The highest BCUT2D eigenvalue weighted by molar-refractivity contribution is 5.92. The Balaban J connectivity index is 1.64. The smallest absolute Gasteiger partial charge is 0.343 e. The molecule has 0 fully saturated rings. The molecule has 0 aliphatic heterocycles. The van der Waals surface area contributed by atoms with Crippen LogP contribution < -0.4 is 4.74 Å². The molecule has 31 heavy (non-hydrogen) atoms. The molecule has 156 valence electrons. The SMILES string of the molecule is C=CC(=O)OCc1ccc(C(=O)Oc2ccc3cc(COC(=O)C=C)ccc3c2)cc1. The third-order valence-corrected chi connectivity index (χ3v) is 4.37. The molecule has 0 heterocycles. The Hall–Kier alpha value is -4.19. The van der Waals surface area contributed by atoms with E-state index in [4.69, 9.17) is 14.2 Å². The minimum atomic E-state index is -0.510. The van der Waals surface area contributed by atoms with Gasteiger partial charge in [-0.3, -0.25) is 0 Å². The van der Waals surface area contributed by atoms with Gasteiger partial charge in [-0.2, -0.15) is 0 Å². The van der Waals surface area contributed by atoms with E-state index in [2.05, 4.69) is 13.2 Å². The number of ether oxygens (including phenoxy) is 3. The lowest BCUT2D eigenvalue weighted by atomic mass is 10.1. The number of carbonyl (C=O) groups is 3. The Morgan fingerprint density at radius 1 is 0.710 bits per heavy atom. The van der Waals surface area contributed by atoms with Gasteiger partial charge in [0.15, 0.2) is 0 Å². The molecule has 0 atom stereocenters. The van der Waals surface area contributed by atoms with E-state index in [0.29, 0.717) is 11.3 Å². The summed E-state index contributed by atoms with van der Waals surface area (Å²) in [4.78, 5) is 34.7. The van der Waals surface area contributed by atoms with Crippen molar-refractivity contribution in [2.75, 3.05) is 0 Å². The van der Waals surface area contributed by atoms with E-state index in [1.165, 1.54) is 0 Å². The van der Waals surface area contributed by atoms with E-state index >= 15 is 0 Å². The van der Waals surface area contributed by atoms with Gasteiger partial charge in [-0.05, 0) is 52.2 Å². The molecular formula is C25H20O6. The van der Waals surface area contributed by atoms with Crippen molar-refractivity contribution in [3.8, 4) is 5.75 Å². The summed E-state index contributed by atoms with van der Waals surface area (Å²) in [5.41, 5.74) is 1.96. The van der Waals surface area contributed by atoms with Crippen LogP contribution in [-0.2, 0) is 32.3 Å². The van der Waals surface area contributed by atoms with Gasteiger partial charge >= 0.3 is 17.9 Å². The molecule has 3 aromatic rings. The molecule has 3 rings (SSSR count). The van der Waals surface area contributed by atoms with E-state index in [1.54, 1.807) is 36.4 Å². The van der Waals surface area contributed by atoms with Crippen LogP contribution in [0.3, 0.4) is 0 Å². The van der Waals surface area contributed by atoms with Crippen LogP contribution in [-0.4, -0.2) is 17.9 Å². The van der Waals surface area contributed by atoms with Gasteiger partial charge in [0.1, 0.15) is 19.0 Å². The van der Waals surface area contributed by atoms with Crippen molar-refractivity contribution in [1.82, 2.24) is 0 Å². The lowest BCUT2D eigenvalue weighted by Crippen LogP contribution is -2.08. The average Bonchev–Trinajstić information content (AvgIpc) is 2.81. The molecule has 0 radical (unpaired) electrons. The Kier molecular flexibility index (Phi) is 6.96. The van der Waals surface area contributed by atoms with Crippen LogP contribution >= 0.6 is 0 Å². The maximum absolute atomic E-state index is 12.4. The molecule has 0 saturated heterocycles. The highest BCUT2D eigenvalue weighted by Gasteiger charge is 2.10. The summed E-state index contributed by atoms with van der Waals surface area (Å²) >= 11 is 0. The fourth-order valence-electron chi connectivity index (χ4n) is 2.76. The molecule has 0 amide bonds. The summed E-state index contributed by atoms with van der Waals surface area (Å²) in [7, 11) is 0. The lowest BCUT2D eigenvalue weighted by Gasteiger charge is -2.08. The van der Waals surface area contributed by atoms with Crippen molar-refractivity contribution in [2.24, 2.45) is 0 Å². The third kappa shape index (κ3) is 5.90. The van der Waals surface area contributed by atoms with E-state index in [-0.39, 0.29) is 13.2 Å². The van der Waals surface area contributed by atoms with Crippen molar-refractivity contribution in [2.45, 2.75) is 13.2 Å². The van der Waals surface area contributed by atoms with Gasteiger partial charge in [-0.15, -0.1) is 0 Å². The van der Waals surface area contributed by atoms with Crippen LogP contribution in [0.1, 0.15) is 21.5 Å². The molecule has 0 aliphatic carbocycles. The van der Waals surface area contributed by atoms with Crippen LogP contribution in [0, 0.1) is 0 Å². The number of hydrogen-bond donors (Lipinski definition) is 0. The molecule has 0 bridgehead atoms. The zero-order valence-electron chi connectivity index (χ0n) is 16.7. The molecule has 0 saturated carbocycles. The van der Waals surface area contributed by atoms with E-state index in [1.807, 2.05) is 24.3 Å². The monoisotopic (exact) mass is 416 g/mol. The first-order valence-corrected chi connectivity index (χ1v) is 9.40. The van der Waals surface area contributed by atoms with Gasteiger partial charge in [-0.25, -0.2) is 14.4 Å². The molecule has 6 nitrogen and oxygen atoms in total. The van der Waals surface area contributed by atoms with Crippen molar-refractivity contribution in [3.63, 3.8) is 0 Å². The van der Waals surface area contributed by atoms with Crippen molar-refractivity contribution >= 4 is 28.7 Å². The van der Waals surface area contributed by atoms with Crippen LogP contribution in [0.5, 0.6) is 5.75 Å². The molecule has 3 aromatic carbocycles. The van der Waals surface area contributed by atoms with Crippen LogP contribution in [0.15, 0.2) is 86.0 Å². The first kappa shape index (κ1) is 21.5. The summed E-state index contributed by atoms with van der Waals surface area (Å²) in [5.74, 6) is -1.08. The van der Waals surface area contributed by atoms with E-state index in [9.17, 15) is 14.4 Å². The van der Waals surface area contributed by atoms with Crippen molar-refractivity contribution in [3.05, 3.63) is 103 Å². The van der Waals surface area contributed by atoms with Crippen LogP contribution in [0.4, 0.5) is 0 Å². The minimum Gasteiger partial charge on any atom is -0.458 e. The molecule has 0 unspecified atom stereocenters. The Bertz CT molecular complexity index is 1140. The van der Waals surface area contributed by atoms with Crippen molar-refractivity contribution < 1.29 is 28.6 Å². The Labute approximate surface area is 179 Å². The average molecular weight is 416 g/mol. The maximum atomic E-state index is 12.4. The number of rotatable bonds is 8. The predicted octanol–water partition coefficient (Wildman–Crippen LogP) is 4.52. The highest BCUT2D eigenvalue weighted by atomic mass is 16.5. The lowest BCUT2D eigenvalue weighted by molar-refractivity contribution is -0.139. The van der Waals surface area contributed by atoms with Gasteiger partial charge in [0.25, 0.3) is 0 Å². The fourth-order valence-corrected chi connectivity index (χ4v) is 2.76. The number of hydrogen-bond acceptors (Lipinski definition) is 6. The number of benzene rings is 3. The molecule has 0 N–H and O–H groups in total. The van der Waals surface area contributed by atoms with E-state index < -0.39 is 17.9 Å². The second kappa shape index (κ2) is 10.0. The number of fused-ring (bicyclic) bond motifs is 1. The Morgan fingerprint density at radius 2 is 1.26 bits per heavy atom.